The standard InChI is InChI=1S/C10H23NO/c1-5-7-8-10(3)11(4)12-9-6-2/h10H,5-9H2,1-4H3. The Labute approximate surface area is 76.9 Å². The first kappa shape index (κ1) is 11.9. The minimum atomic E-state index is 0.552. The fourth-order valence-electron chi connectivity index (χ4n) is 1.04. The van der Waals surface area contributed by atoms with Crippen LogP contribution in [-0.2, 0) is 4.84 Å². The summed E-state index contributed by atoms with van der Waals surface area (Å²) >= 11 is 0. The van der Waals surface area contributed by atoms with Crippen molar-refractivity contribution in [2.45, 2.75) is 52.5 Å². The molecule has 0 rings (SSSR count). The number of hydroxylamine groups is 2. The number of hydrogen-bond donors (Lipinski definition) is 0. The van der Waals surface area contributed by atoms with Crippen LogP contribution in [0.4, 0.5) is 0 Å². The minimum absolute atomic E-state index is 0.552. The van der Waals surface area contributed by atoms with Crippen LogP contribution >= 0.6 is 0 Å². The van der Waals surface area contributed by atoms with Gasteiger partial charge in [-0.1, -0.05) is 26.7 Å². The fourth-order valence-corrected chi connectivity index (χ4v) is 1.04. The van der Waals surface area contributed by atoms with Gasteiger partial charge < -0.3 is 0 Å². The smallest absolute Gasteiger partial charge is 0.0682 e. The molecule has 1 unspecified atom stereocenters. The SMILES string of the molecule is CCCCC(C)N(C)OCCC. The van der Waals surface area contributed by atoms with Crippen molar-refractivity contribution in [1.82, 2.24) is 5.06 Å². The van der Waals surface area contributed by atoms with Gasteiger partial charge in [0, 0.05) is 13.1 Å². The highest BCUT2D eigenvalue weighted by atomic mass is 16.7. The van der Waals surface area contributed by atoms with Crippen molar-refractivity contribution < 1.29 is 4.84 Å². The van der Waals surface area contributed by atoms with E-state index in [4.69, 9.17) is 4.84 Å². The first-order chi connectivity index (χ1) is 5.72. The Hall–Kier alpha value is -0.0800. The van der Waals surface area contributed by atoms with E-state index in [1.165, 1.54) is 19.3 Å². The van der Waals surface area contributed by atoms with Gasteiger partial charge in [0.25, 0.3) is 0 Å². The van der Waals surface area contributed by atoms with Crippen molar-refractivity contribution in [3.63, 3.8) is 0 Å². The average molecular weight is 173 g/mol. The Morgan fingerprint density at radius 3 is 2.42 bits per heavy atom. The molecule has 1 atom stereocenters. The maximum Gasteiger partial charge on any atom is 0.0682 e. The quantitative estimate of drug-likeness (QED) is 0.549. The predicted molar refractivity (Wildman–Crippen MR) is 53.0 cm³/mol. The molecule has 0 bridgehead atoms. The van der Waals surface area contributed by atoms with Crippen LogP contribution < -0.4 is 0 Å². The molecule has 2 heteroatoms. The molecule has 0 aromatic rings. The molecular formula is C10H23NO. The van der Waals surface area contributed by atoms with E-state index >= 15 is 0 Å². The Balaban J connectivity index is 3.39. The molecule has 0 fully saturated rings. The van der Waals surface area contributed by atoms with E-state index in [2.05, 4.69) is 20.8 Å². The summed E-state index contributed by atoms with van der Waals surface area (Å²) in [6.07, 6.45) is 4.88. The minimum Gasteiger partial charge on any atom is -0.299 e. The number of rotatable bonds is 7. The summed E-state index contributed by atoms with van der Waals surface area (Å²) in [6.45, 7) is 7.41. The Morgan fingerprint density at radius 2 is 1.92 bits per heavy atom. The zero-order valence-electron chi connectivity index (χ0n) is 8.97. The van der Waals surface area contributed by atoms with Crippen LogP contribution in [0.1, 0.15) is 46.5 Å². The third-order valence-electron chi connectivity index (χ3n) is 2.10. The van der Waals surface area contributed by atoms with Crippen LogP contribution in [0.2, 0.25) is 0 Å². The zero-order valence-corrected chi connectivity index (χ0v) is 8.97. The van der Waals surface area contributed by atoms with E-state index in [9.17, 15) is 0 Å². The zero-order chi connectivity index (χ0) is 9.40. The van der Waals surface area contributed by atoms with Gasteiger partial charge in [0.2, 0.25) is 0 Å². The van der Waals surface area contributed by atoms with E-state index in [0.717, 1.165) is 13.0 Å². The molecule has 2 nitrogen and oxygen atoms in total. The lowest BCUT2D eigenvalue weighted by atomic mass is 10.1. The normalized spacial score (nSPS) is 13.8. The summed E-state index contributed by atoms with van der Waals surface area (Å²) in [7, 11) is 2.02. The van der Waals surface area contributed by atoms with Crippen LogP contribution in [0.25, 0.3) is 0 Å². The summed E-state index contributed by atoms with van der Waals surface area (Å²) < 4.78 is 0. The molecule has 0 spiro atoms. The Kier molecular flexibility index (Phi) is 7.51. The highest BCUT2D eigenvalue weighted by molar-refractivity contribution is 4.55. The molecule has 0 amide bonds. The average Bonchev–Trinajstić information content (AvgIpc) is 2.10. The van der Waals surface area contributed by atoms with Crippen molar-refractivity contribution in [2.75, 3.05) is 13.7 Å². The fraction of sp³-hybridized carbons (Fsp3) is 1.00. The van der Waals surface area contributed by atoms with Crippen LogP contribution in [0.3, 0.4) is 0 Å². The molecule has 0 aromatic carbocycles. The van der Waals surface area contributed by atoms with E-state index in [-0.39, 0.29) is 0 Å². The molecule has 0 aliphatic heterocycles. The second-order valence-corrected chi connectivity index (χ2v) is 3.37. The number of hydrogen-bond acceptors (Lipinski definition) is 2. The van der Waals surface area contributed by atoms with Crippen molar-refractivity contribution in [3.8, 4) is 0 Å². The molecule has 0 saturated carbocycles. The second kappa shape index (κ2) is 7.56. The van der Waals surface area contributed by atoms with Gasteiger partial charge in [0.1, 0.15) is 0 Å². The highest BCUT2D eigenvalue weighted by Gasteiger charge is 2.07. The monoisotopic (exact) mass is 173 g/mol. The van der Waals surface area contributed by atoms with Crippen molar-refractivity contribution in [3.05, 3.63) is 0 Å². The topological polar surface area (TPSA) is 12.5 Å². The lowest BCUT2D eigenvalue weighted by Crippen LogP contribution is -2.29. The summed E-state index contributed by atoms with van der Waals surface area (Å²) in [5.41, 5.74) is 0. The summed E-state index contributed by atoms with van der Waals surface area (Å²) in [5, 5.41) is 1.99. The first-order valence-electron chi connectivity index (χ1n) is 5.08. The Morgan fingerprint density at radius 1 is 1.25 bits per heavy atom. The van der Waals surface area contributed by atoms with Crippen molar-refractivity contribution in [2.24, 2.45) is 0 Å². The summed E-state index contributed by atoms with van der Waals surface area (Å²) in [5.74, 6) is 0. The third kappa shape index (κ3) is 5.56. The van der Waals surface area contributed by atoms with Gasteiger partial charge in [0.05, 0.1) is 6.61 Å². The third-order valence-corrected chi connectivity index (χ3v) is 2.10. The van der Waals surface area contributed by atoms with Crippen LogP contribution in [0.5, 0.6) is 0 Å². The van der Waals surface area contributed by atoms with Gasteiger partial charge in [-0.05, 0) is 19.8 Å². The van der Waals surface area contributed by atoms with Gasteiger partial charge in [-0.15, -0.1) is 0 Å². The lowest BCUT2D eigenvalue weighted by molar-refractivity contribution is -0.165. The van der Waals surface area contributed by atoms with Gasteiger partial charge in [-0.3, -0.25) is 4.84 Å². The number of unbranched alkanes of at least 4 members (excludes halogenated alkanes) is 1. The molecule has 0 radical (unpaired) electrons. The predicted octanol–water partition coefficient (Wildman–Crippen LogP) is 2.84. The largest absolute Gasteiger partial charge is 0.299 e. The summed E-state index contributed by atoms with van der Waals surface area (Å²) in [4.78, 5) is 5.48. The van der Waals surface area contributed by atoms with Crippen LogP contribution in [0, 0.1) is 0 Å². The lowest BCUT2D eigenvalue weighted by Gasteiger charge is -2.23. The highest BCUT2D eigenvalue weighted by Crippen LogP contribution is 2.06. The molecular weight excluding hydrogens is 150 g/mol. The molecule has 0 aromatic heterocycles. The Bertz CT molecular complexity index is 83.8. The molecule has 0 aliphatic rings. The first-order valence-corrected chi connectivity index (χ1v) is 5.08. The molecule has 0 N–H and O–H groups in total. The van der Waals surface area contributed by atoms with E-state index < -0.39 is 0 Å². The van der Waals surface area contributed by atoms with Crippen LogP contribution in [-0.4, -0.2) is 24.8 Å². The van der Waals surface area contributed by atoms with Crippen molar-refractivity contribution >= 4 is 0 Å². The van der Waals surface area contributed by atoms with E-state index in [1.807, 2.05) is 12.1 Å². The molecule has 0 aliphatic carbocycles. The van der Waals surface area contributed by atoms with Gasteiger partial charge in [0.15, 0.2) is 0 Å². The van der Waals surface area contributed by atoms with Crippen molar-refractivity contribution in [1.29, 1.82) is 0 Å². The van der Waals surface area contributed by atoms with Gasteiger partial charge >= 0.3 is 0 Å². The molecule has 0 heterocycles. The van der Waals surface area contributed by atoms with Gasteiger partial charge in [-0.25, -0.2) is 0 Å². The maximum atomic E-state index is 5.48. The van der Waals surface area contributed by atoms with E-state index in [0.29, 0.717) is 6.04 Å². The van der Waals surface area contributed by atoms with Crippen LogP contribution in [0.15, 0.2) is 0 Å². The number of nitrogens with zero attached hydrogens (tertiary/aromatic N) is 1. The maximum absolute atomic E-state index is 5.48. The second-order valence-electron chi connectivity index (χ2n) is 3.37. The molecule has 0 saturated heterocycles. The van der Waals surface area contributed by atoms with Gasteiger partial charge in [-0.2, -0.15) is 5.06 Å². The molecule has 74 valence electrons. The van der Waals surface area contributed by atoms with E-state index in [1.54, 1.807) is 0 Å². The summed E-state index contributed by atoms with van der Waals surface area (Å²) in [6, 6.07) is 0.552. The molecule has 12 heavy (non-hydrogen) atoms.